The Bertz CT molecular complexity index is 355. The minimum Gasteiger partial charge on any atom is -0.377 e. The van der Waals surface area contributed by atoms with Gasteiger partial charge in [-0.2, -0.15) is 13.2 Å². The van der Waals surface area contributed by atoms with Gasteiger partial charge in [0.05, 0.1) is 11.7 Å². The van der Waals surface area contributed by atoms with Crippen LogP contribution in [0, 0.1) is 0 Å². The van der Waals surface area contributed by atoms with E-state index in [2.05, 4.69) is 0 Å². The predicted molar refractivity (Wildman–Crippen MR) is 61.1 cm³/mol. The number of hydrogen-bond donors (Lipinski definition) is 0. The number of ether oxygens (including phenoxy) is 1. The second-order valence-corrected chi connectivity index (χ2v) is 5.06. The van der Waals surface area contributed by atoms with E-state index in [0.717, 1.165) is 42.2 Å². The van der Waals surface area contributed by atoms with Crippen LogP contribution in [-0.4, -0.2) is 18.5 Å². The van der Waals surface area contributed by atoms with Gasteiger partial charge in [-0.05, 0) is 37.1 Å². The SMILES string of the molecule is FC(F)(F)c1ccc(SC[C@@H]2CCCO2)cc1. The summed E-state index contributed by atoms with van der Waals surface area (Å²) >= 11 is 1.54. The van der Waals surface area contributed by atoms with Crippen LogP contribution in [0.25, 0.3) is 0 Å². The zero-order valence-corrected chi connectivity index (χ0v) is 9.98. The lowest BCUT2D eigenvalue weighted by molar-refractivity contribution is -0.137. The summed E-state index contributed by atoms with van der Waals surface area (Å²) in [5, 5.41) is 0. The molecule has 5 heteroatoms. The molecule has 0 saturated carbocycles. The van der Waals surface area contributed by atoms with E-state index in [4.69, 9.17) is 4.74 Å². The van der Waals surface area contributed by atoms with Crippen molar-refractivity contribution in [3.05, 3.63) is 29.8 Å². The Morgan fingerprint density at radius 2 is 1.94 bits per heavy atom. The Kier molecular flexibility index (Phi) is 3.99. The third-order valence-electron chi connectivity index (χ3n) is 2.64. The third-order valence-corrected chi connectivity index (χ3v) is 3.79. The molecule has 0 spiro atoms. The number of thioether (sulfide) groups is 1. The van der Waals surface area contributed by atoms with Crippen molar-refractivity contribution in [2.45, 2.75) is 30.0 Å². The fraction of sp³-hybridized carbons (Fsp3) is 0.500. The van der Waals surface area contributed by atoms with E-state index in [9.17, 15) is 13.2 Å². The molecule has 17 heavy (non-hydrogen) atoms. The van der Waals surface area contributed by atoms with Crippen LogP contribution in [0.1, 0.15) is 18.4 Å². The monoisotopic (exact) mass is 262 g/mol. The maximum atomic E-state index is 12.3. The Morgan fingerprint density at radius 3 is 2.47 bits per heavy atom. The highest BCUT2D eigenvalue weighted by molar-refractivity contribution is 7.99. The van der Waals surface area contributed by atoms with Crippen LogP contribution in [0.5, 0.6) is 0 Å². The van der Waals surface area contributed by atoms with Crippen LogP contribution < -0.4 is 0 Å². The van der Waals surface area contributed by atoms with Gasteiger partial charge in [-0.3, -0.25) is 0 Å². The van der Waals surface area contributed by atoms with E-state index in [1.54, 1.807) is 11.8 Å². The highest BCUT2D eigenvalue weighted by atomic mass is 32.2. The fourth-order valence-corrected chi connectivity index (χ4v) is 2.67. The van der Waals surface area contributed by atoms with Crippen molar-refractivity contribution in [3.8, 4) is 0 Å². The van der Waals surface area contributed by atoms with Crippen LogP contribution in [0.15, 0.2) is 29.2 Å². The molecule has 0 radical (unpaired) electrons. The molecule has 1 aromatic rings. The first-order valence-electron chi connectivity index (χ1n) is 5.47. The molecule has 1 fully saturated rings. The van der Waals surface area contributed by atoms with Gasteiger partial charge < -0.3 is 4.74 Å². The van der Waals surface area contributed by atoms with Crippen molar-refractivity contribution in [1.82, 2.24) is 0 Å². The van der Waals surface area contributed by atoms with Gasteiger partial charge in [-0.1, -0.05) is 0 Å². The summed E-state index contributed by atoms with van der Waals surface area (Å²) in [5.74, 6) is 0.811. The lowest BCUT2D eigenvalue weighted by Gasteiger charge is -2.10. The maximum Gasteiger partial charge on any atom is 0.416 e. The van der Waals surface area contributed by atoms with Gasteiger partial charge in [0.2, 0.25) is 0 Å². The van der Waals surface area contributed by atoms with E-state index in [0.29, 0.717) is 0 Å². The van der Waals surface area contributed by atoms with Crippen molar-refractivity contribution in [1.29, 1.82) is 0 Å². The molecule has 0 amide bonds. The molecule has 0 N–H and O–H groups in total. The Hall–Kier alpha value is -0.680. The topological polar surface area (TPSA) is 9.23 Å². The summed E-state index contributed by atoms with van der Waals surface area (Å²) in [6.07, 6.45) is -1.87. The molecule has 2 rings (SSSR count). The molecule has 0 aromatic heterocycles. The third kappa shape index (κ3) is 3.64. The van der Waals surface area contributed by atoms with Crippen LogP contribution in [0.4, 0.5) is 13.2 Å². The fourth-order valence-electron chi connectivity index (χ4n) is 1.71. The van der Waals surface area contributed by atoms with Crippen molar-refractivity contribution < 1.29 is 17.9 Å². The largest absolute Gasteiger partial charge is 0.416 e. The first-order valence-corrected chi connectivity index (χ1v) is 6.46. The van der Waals surface area contributed by atoms with Crippen molar-refractivity contribution >= 4 is 11.8 Å². The summed E-state index contributed by atoms with van der Waals surface area (Å²) in [6, 6.07) is 5.28. The summed E-state index contributed by atoms with van der Waals surface area (Å²) in [5.41, 5.74) is -0.598. The van der Waals surface area contributed by atoms with E-state index in [1.165, 1.54) is 12.1 Å². The molecular weight excluding hydrogens is 249 g/mol. The van der Waals surface area contributed by atoms with Crippen LogP contribution >= 0.6 is 11.8 Å². The molecule has 1 saturated heterocycles. The molecule has 1 nitrogen and oxygen atoms in total. The highest BCUT2D eigenvalue weighted by Crippen LogP contribution is 2.31. The Labute approximate surface area is 102 Å². The van der Waals surface area contributed by atoms with Gasteiger partial charge in [0.15, 0.2) is 0 Å². The summed E-state index contributed by atoms with van der Waals surface area (Å²) in [6.45, 7) is 0.804. The predicted octanol–water partition coefficient (Wildman–Crippen LogP) is 3.98. The quantitative estimate of drug-likeness (QED) is 0.762. The molecular formula is C12H13F3OS. The lowest BCUT2D eigenvalue weighted by Crippen LogP contribution is -2.07. The highest BCUT2D eigenvalue weighted by Gasteiger charge is 2.29. The van der Waals surface area contributed by atoms with E-state index < -0.39 is 11.7 Å². The summed E-state index contributed by atoms with van der Waals surface area (Å²) in [7, 11) is 0. The summed E-state index contributed by atoms with van der Waals surface area (Å²) < 4.78 is 42.4. The van der Waals surface area contributed by atoms with Gasteiger partial charge in [-0.15, -0.1) is 11.8 Å². The van der Waals surface area contributed by atoms with Gasteiger partial charge in [0.25, 0.3) is 0 Å². The molecule has 0 aliphatic carbocycles. The molecule has 1 aliphatic rings. The zero-order valence-electron chi connectivity index (χ0n) is 9.17. The number of hydrogen-bond acceptors (Lipinski definition) is 2. The standard InChI is InChI=1S/C12H13F3OS/c13-12(14,15)9-3-5-11(6-4-9)17-8-10-2-1-7-16-10/h3-6,10H,1-2,7-8H2/t10-/m0/s1. The first kappa shape index (κ1) is 12.8. The number of rotatable bonds is 3. The minimum absolute atomic E-state index is 0.252. The van der Waals surface area contributed by atoms with Crippen LogP contribution in [-0.2, 0) is 10.9 Å². The average molecular weight is 262 g/mol. The maximum absolute atomic E-state index is 12.3. The van der Waals surface area contributed by atoms with Crippen molar-refractivity contribution in [3.63, 3.8) is 0 Å². The number of alkyl halides is 3. The molecule has 1 atom stereocenters. The molecule has 1 aliphatic heterocycles. The van der Waals surface area contributed by atoms with Gasteiger partial charge in [0.1, 0.15) is 0 Å². The minimum atomic E-state index is -4.25. The van der Waals surface area contributed by atoms with E-state index >= 15 is 0 Å². The second-order valence-electron chi connectivity index (χ2n) is 3.97. The number of benzene rings is 1. The normalized spacial score (nSPS) is 20.8. The average Bonchev–Trinajstić information content (AvgIpc) is 2.78. The Morgan fingerprint density at radius 1 is 1.24 bits per heavy atom. The van der Waals surface area contributed by atoms with E-state index in [-0.39, 0.29) is 6.10 Å². The van der Waals surface area contributed by atoms with Gasteiger partial charge in [-0.25, -0.2) is 0 Å². The molecule has 1 aromatic carbocycles. The van der Waals surface area contributed by atoms with Crippen molar-refractivity contribution in [2.24, 2.45) is 0 Å². The molecule has 94 valence electrons. The zero-order chi connectivity index (χ0) is 12.3. The smallest absolute Gasteiger partial charge is 0.377 e. The lowest BCUT2D eigenvalue weighted by atomic mass is 10.2. The summed E-state index contributed by atoms with van der Waals surface area (Å²) in [4.78, 5) is 0.855. The van der Waals surface area contributed by atoms with E-state index in [1.807, 2.05) is 0 Å². The molecule has 0 bridgehead atoms. The van der Waals surface area contributed by atoms with Crippen molar-refractivity contribution in [2.75, 3.05) is 12.4 Å². The van der Waals surface area contributed by atoms with Crippen LogP contribution in [0.3, 0.4) is 0 Å². The van der Waals surface area contributed by atoms with Gasteiger partial charge in [0, 0.05) is 17.3 Å². The van der Waals surface area contributed by atoms with Gasteiger partial charge >= 0.3 is 6.18 Å². The molecule has 1 heterocycles. The first-order chi connectivity index (χ1) is 8.05. The molecule has 0 unspecified atom stereocenters. The number of halogens is 3. The Balaban J connectivity index is 1.89. The second kappa shape index (κ2) is 5.31. The van der Waals surface area contributed by atoms with Crippen LogP contribution in [0.2, 0.25) is 0 Å².